The Hall–Kier alpha value is -1.95. The summed E-state index contributed by atoms with van der Waals surface area (Å²) in [6.45, 7) is 1.83. The first-order valence-electron chi connectivity index (χ1n) is 6.20. The van der Waals surface area contributed by atoms with Crippen LogP contribution in [0.4, 0.5) is 20.2 Å². The van der Waals surface area contributed by atoms with E-state index in [1.165, 1.54) is 6.07 Å². The quantitative estimate of drug-likeness (QED) is 0.868. The van der Waals surface area contributed by atoms with Gasteiger partial charge in [-0.1, -0.05) is 22.0 Å². The number of para-hydroxylation sites is 1. The van der Waals surface area contributed by atoms with Crippen LogP contribution in [-0.2, 0) is 4.79 Å². The van der Waals surface area contributed by atoms with E-state index in [1.54, 1.807) is 0 Å². The van der Waals surface area contributed by atoms with Crippen molar-refractivity contribution < 1.29 is 13.6 Å². The van der Waals surface area contributed by atoms with Gasteiger partial charge in [-0.05, 0) is 42.8 Å². The second-order valence-electron chi connectivity index (χ2n) is 4.52. The third-order valence-corrected chi connectivity index (χ3v) is 3.18. The van der Waals surface area contributed by atoms with E-state index in [1.807, 2.05) is 25.1 Å². The van der Waals surface area contributed by atoms with Gasteiger partial charge in [0.05, 0.1) is 6.54 Å². The van der Waals surface area contributed by atoms with Crippen LogP contribution in [0.25, 0.3) is 0 Å². The highest BCUT2D eigenvalue weighted by Gasteiger charge is 2.11. The summed E-state index contributed by atoms with van der Waals surface area (Å²) in [7, 11) is 0. The minimum Gasteiger partial charge on any atom is -0.376 e. The number of carbonyl (C=O) groups excluding carboxylic acids is 1. The topological polar surface area (TPSA) is 41.1 Å². The fraction of sp³-hybridized carbons (Fsp3) is 0.133. The molecule has 3 nitrogen and oxygen atoms in total. The second-order valence-corrected chi connectivity index (χ2v) is 5.43. The highest BCUT2D eigenvalue weighted by Crippen LogP contribution is 2.20. The summed E-state index contributed by atoms with van der Waals surface area (Å²) >= 11 is 3.35. The summed E-state index contributed by atoms with van der Waals surface area (Å²) < 4.78 is 27.7. The molecule has 2 N–H and O–H groups in total. The molecule has 0 spiro atoms. The lowest BCUT2D eigenvalue weighted by Gasteiger charge is -2.10. The predicted octanol–water partition coefficient (Wildman–Crippen LogP) is 4.09. The van der Waals surface area contributed by atoms with E-state index in [0.717, 1.165) is 27.9 Å². The highest BCUT2D eigenvalue weighted by molar-refractivity contribution is 9.10. The van der Waals surface area contributed by atoms with Crippen LogP contribution in [0, 0.1) is 18.6 Å². The Bertz CT molecular complexity index is 636. The molecule has 6 heteroatoms. The van der Waals surface area contributed by atoms with Crippen LogP contribution in [0.5, 0.6) is 0 Å². The summed E-state index contributed by atoms with van der Waals surface area (Å²) in [5, 5.41) is 5.11. The maximum atomic E-state index is 13.4. The lowest BCUT2D eigenvalue weighted by Crippen LogP contribution is -2.23. The van der Waals surface area contributed by atoms with Crippen molar-refractivity contribution in [1.29, 1.82) is 0 Å². The smallest absolute Gasteiger partial charge is 0.243 e. The molecule has 2 aromatic carbocycles. The van der Waals surface area contributed by atoms with Crippen molar-refractivity contribution in [2.24, 2.45) is 0 Å². The van der Waals surface area contributed by atoms with E-state index in [9.17, 15) is 13.6 Å². The molecule has 0 saturated carbocycles. The molecule has 2 rings (SSSR count). The number of hydrogen-bond acceptors (Lipinski definition) is 2. The third-order valence-electron chi connectivity index (χ3n) is 2.72. The van der Waals surface area contributed by atoms with Crippen LogP contribution < -0.4 is 10.6 Å². The first-order valence-corrected chi connectivity index (χ1v) is 7.00. The average Bonchev–Trinajstić information content (AvgIpc) is 2.40. The molecule has 0 saturated heterocycles. The van der Waals surface area contributed by atoms with E-state index < -0.39 is 23.2 Å². The number of hydrogen-bond donors (Lipinski definition) is 2. The maximum absolute atomic E-state index is 13.4. The first-order chi connectivity index (χ1) is 9.95. The summed E-state index contributed by atoms with van der Waals surface area (Å²) in [4.78, 5) is 11.7. The van der Waals surface area contributed by atoms with Gasteiger partial charge in [-0.2, -0.15) is 0 Å². The van der Waals surface area contributed by atoms with E-state index in [2.05, 4.69) is 26.6 Å². The predicted molar refractivity (Wildman–Crippen MR) is 82.4 cm³/mol. The Morgan fingerprint density at radius 3 is 2.48 bits per heavy atom. The second kappa shape index (κ2) is 6.67. The molecule has 0 fully saturated rings. The van der Waals surface area contributed by atoms with Crippen molar-refractivity contribution >= 4 is 33.2 Å². The number of carbonyl (C=O) groups is 1. The van der Waals surface area contributed by atoms with Crippen LogP contribution in [0.15, 0.2) is 40.9 Å². The van der Waals surface area contributed by atoms with Gasteiger partial charge in [-0.15, -0.1) is 0 Å². The van der Waals surface area contributed by atoms with Gasteiger partial charge in [0, 0.05) is 10.2 Å². The summed E-state index contributed by atoms with van der Waals surface area (Å²) in [5.74, 6) is -2.14. The minimum atomic E-state index is -0.804. The lowest BCUT2D eigenvalue weighted by atomic mass is 10.2. The molecular weight excluding hydrogens is 342 g/mol. The molecule has 0 atom stereocenters. The average molecular weight is 355 g/mol. The van der Waals surface area contributed by atoms with Gasteiger partial charge >= 0.3 is 0 Å². The maximum Gasteiger partial charge on any atom is 0.243 e. The minimum absolute atomic E-state index is 0.0936. The SMILES string of the molecule is Cc1cc(Br)cc(NCC(=O)Nc2c(F)cccc2F)c1. The molecule has 1 amide bonds. The van der Waals surface area contributed by atoms with Gasteiger partial charge in [0.15, 0.2) is 0 Å². The summed E-state index contributed by atoms with van der Waals surface area (Å²) in [5.41, 5.74) is 1.33. The molecule has 0 aromatic heterocycles. The van der Waals surface area contributed by atoms with E-state index in [0.29, 0.717) is 0 Å². The summed E-state index contributed by atoms with van der Waals surface area (Å²) in [6.07, 6.45) is 0. The number of anilines is 2. The van der Waals surface area contributed by atoms with Crippen LogP contribution in [0.1, 0.15) is 5.56 Å². The Morgan fingerprint density at radius 1 is 1.19 bits per heavy atom. The molecule has 2 aromatic rings. The number of amides is 1. The van der Waals surface area contributed by atoms with Crippen LogP contribution in [-0.4, -0.2) is 12.5 Å². The van der Waals surface area contributed by atoms with Crippen LogP contribution in [0.2, 0.25) is 0 Å². The Balaban J connectivity index is 1.99. The van der Waals surface area contributed by atoms with Crippen molar-refractivity contribution in [1.82, 2.24) is 0 Å². The number of aryl methyl sites for hydroxylation is 1. The van der Waals surface area contributed by atoms with Gasteiger partial charge in [-0.3, -0.25) is 4.79 Å². The van der Waals surface area contributed by atoms with Crippen LogP contribution >= 0.6 is 15.9 Å². The Labute approximate surface area is 129 Å². The zero-order chi connectivity index (χ0) is 15.4. The van der Waals surface area contributed by atoms with Gasteiger partial charge in [0.25, 0.3) is 0 Å². The molecule has 110 valence electrons. The molecule has 0 aliphatic heterocycles. The van der Waals surface area contributed by atoms with E-state index in [4.69, 9.17) is 0 Å². The largest absolute Gasteiger partial charge is 0.376 e. The number of nitrogens with one attached hydrogen (secondary N) is 2. The van der Waals surface area contributed by atoms with Gasteiger partial charge in [-0.25, -0.2) is 8.78 Å². The molecule has 0 radical (unpaired) electrons. The van der Waals surface area contributed by atoms with Gasteiger partial charge in [0.2, 0.25) is 5.91 Å². The van der Waals surface area contributed by atoms with Gasteiger partial charge < -0.3 is 10.6 Å². The highest BCUT2D eigenvalue weighted by atomic mass is 79.9. The number of benzene rings is 2. The Kier molecular flexibility index (Phi) is 4.90. The fourth-order valence-electron chi connectivity index (χ4n) is 1.82. The molecule has 0 unspecified atom stereocenters. The zero-order valence-electron chi connectivity index (χ0n) is 11.2. The molecular formula is C15H13BrF2N2O. The van der Waals surface area contributed by atoms with Crippen molar-refractivity contribution in [3.63, 3.8) is 0 Å². The first kappa shape index (κ1) is 15.4. The van der Waals surface area contributed by atoms with Crippen molar-refractivity contribution in [2.45, 2.75) is 6.92 Å². The van der Waals surface area contributed by atoms with Gasteiger partial charge in [0.1, 0.15) is 17.3 Å². The molecule has 21 heavy (non-hydrogen) atoms. The summed E-state index contributed by atoms with van der Waals surface area (Å²) in [6, 6.07) is 9.02. The fourth-order valence-corrected chi connectivity index (χ4v) is 2.43. The van der Waals surface area contributed by atoms with Crippen molar-refractivity contribution in [3.8, 4) is 0 Å². The zero-order valence-corrected chi connectivity index (χ0v) is 12.8. The molecule has 0 aliphatic rings. The van der Waals surface area contributed by atoms with Crippen molar-refractivity contribution in [3.05, 3.63) is 58.1 Å². The lowest BCUT2D eigenvalue weighted by molar-refractivity contribution is -0.114. The molecule has 0 heterocycles. The molecule has 0 aliphatic carbocycles. The standard InChI is InChI=1S/C15H13BrF2N2O/c1-9-5-10(16)7-11(6-9)19-8-14(21)20-15-12(17)3-2-4-13(15)18/h2-7,19H,8H2,1H3,(H,20,21). The van der Waals surface area contributed by atoms with Crippen LogP contribution in [0.3, 0.4) is 0 Å². The Morgan fingerprint density at radius 2 is 1.86 bits per heavy atom. The number of rotatable bonds is 4. The normalized spacial score (nSPS) is 10.3. The molecule has 0 bridgehead atoms. The monoisotopic (exact) mass is 354 g/mol. The van der Waals surface area contributed by atoms with Crippen molar-refractivity contribution in [2.75, 3.05) is 17.2 Å². The third kappa shape index (κ3) is 4.26. The van der Waals surface area contributed by atoms with E-state index in [-0.39, 0.29) is 6.54 Å². The van der Waals surface area contributed by atoms with E-state index >= 15 is 0 Å². The number of halogens is 3.